The first kappa shape index (κ1) is 24.5. The van der Waals surface area contributed by atoms with Gasteiger partial charge in [-0.15, -0.1) is 0 Å². The Bertz CT molecular complexity index is 907. The van der Waals surface area contributed by atoms with Gasteiger partial charge in [0.2, 0.25) is 0 Å². The molecule has 0 aromatic heterocycles. The monoisotopic (exact) mass is 488 g/mol. The third-order valence-electron chi connectivity index (χ3n) is 8.53. The van der Waals surface area contributed by atoms with Gasteiger partial charge in [0.1, 0.15) is 0 Å². The topological polar surface area (TPSA) is 0 Å². The predicted molar refractivity (Wildman–Crippen MR) is 155 cm³/mol. The van der Waals surface area contributed by atoms with E-state index in [0.29, 0.717) is 5.92 Å². The molecule has 180 valence electrons. The molecule has 34 heavy (non-hydrogen) atoms. The van der Waals surface area contributed by atoms with E-state index in [-0.39, 0.29) is 7.92 Å². The largest absolute Gasteiger partial charge is 0.0965 e. The van der Waals surface area contributed by atoms with E-state index in [0.717, 1.165) is 17.0 Å². The Morgan fingerprint density at radius 2 is 1.15 bits per heavy atom. The summed E-state index contributed by atoms with van der Waals surface area (Å²) in [5.41, 5.74) is 4.36. The molecular formula is C32H42P2. The summed E-state index contributed by atoms with van der Waals surface area (Å²) in [4.78, 5) is 0. The molecule has 0 spiro atoms. The van der Waals surface area contributed by atoms with Crippen LogP contribution in [-0.4, -0.2) is 17.0 Å². The third-order valence-corrected chi connectivity index (χ3v) is 15.3. The van der Waals surface area contributed by atoms with Crippen LogP contribution in [0.3, 0.4) is 0 Å². The zero-order chi connectivity index (χ0) is 23.3. The molecule has 2 aromatic carbocycles. The van der Waals surface area contributed by atoms with Crippen molar-refractivity contribution in [3.8, 4) is 0 Å². The van der Waals surface area contributed by atoms with Crippen LogP contribution < -0.4 is 10.6 Å². The van der Waals surface area contributed by atoms with E-state index < -0.39 is 7.92 Å². The highest BCUT2D eigenvalue weighted by molar-refractivity contribution is 7.77. The SMILES string of the molecule is CC1=C(P(c2ccccc2)c2ccccc2)C([C@@H](C)P(C2CCCCC2)C2CCCCC2)C=C1. The second-order valence-electron chi connectivity index (χ2n) is 10.7. The van der Waals surface area contributed by atoms with Gasteiger partial charge in [-0.2, -0.15) is 0 Å². The quantitative estimate of drug-likeness (QED) is 0.341. The molecule has 1 unspecified atom stereocenters. The molecule has 2 fully saturated rings. The molecule has 0 heterocycles. The van der Waals surface area contributed by atoms with Crippen LogP contribution in [0.15, 0.2) is 83.7 Å². The first-order valence-corrected chi connectivity index (χ1v) is 16.7. The molecule has 0 aliphatic heterocycles. The Labute approximate surface area is 210 Å². The molecule has 0 bridgehead atoms. The van der Waals surface area contributed by atoms with Gasteiger partial charge >= 0.3 is 0 Å². The number of benzene rings is 2. The van der Waals surface area contributed by atoms with Gasteiger partial charge in [-0.25, -0.2) is 0 Å². The average molecular weight is 489 g/mol. The molecule has 5 rings (SSSR count). The van der Waals surface area contributed by atoms with Crippen LogP contribution in [0.5, 0.6) is 0 Å². The Kier molecular flexibility index (Phi) is 8.40. The molecule has 2 atom stereocenters. The van der Waals surface area contributed by atoms with Crippen LogP contribution in [0.2, 0.25) is 0 Å². The minimum absolute atomic E-state index is 0.0475. The van der Waals surface area contributed by atoms with E-state index in [1.54, 1.807) is 5.31 Å². The summed E-state index contributed by atoms with van der Waals surface area (Å²) in [6.07, 6.45) is 20.0. The predicted octanol–water partition coefficient (Wildman–Crippen LogP) is 9.12. The maximum atomic E-state index is 2.67. The van der Waals surface area contributed by atoms with Crippen LogP contribution in [-0.2, 0) is 0 Å². The van der Waals surface area contributed by atoms with Gasteiger partial charge in [0.25, 0.3) is 0 Å². The molecule has 2 saturated carbocycles. The summed E-state index contributed by atoms with van der Waals surface area (Å²) in [7, 11) is -0.448. The molecule has 0 radical (unpaired) electrons. The lowest BCUT2D eigenvalue weighted by Crippen LogP contribution is -2.30. The Morgan fingerprint density at radius 3 is 1.62 bits per heavy atom. The van der Waals surface area contributed by atoms with Gasteiger partial charge in [-0.05, 0) is 79.0 Å². The van der Waals surface area contributed by atoms with Gasteiger partial charge in [0.15, 0.2) is 0 Å². The summed E-state index contributed by atoms with van der Waals surface area (Å²) in [6.45, 7) is 5.06. The smallest absolute Gasteiger partial charge is 0.00996 e. The molecule has 3 aliphatic rings. The van der Waals surface area contributed by atoms with Crippen LogP contribution in [0.25, 0.3) is 0 Å². The van der Waals surface area contributed by atoms with Crippen LogP contribution in [0.1, 0.15) is 78.1 Å². The molecule has 0 nitrogen and oxygen atoms in total. The van der Waals surface area contributed by atoms with E-state index in [9.17, 15) is 0 Å². The fraction of sp³-hybridized carbons (Fsp3) is 0.500. The van der Waals surface area contributed by atoms with Gasteiger partial charge in [-0.3, -0.25) is 0 Å². The lowest BCUT2D eigenvalue weighted by Gasteiger charge is -2.44. The van der Waals surface area contributed by atoms with Gasteiger partial charge in [0, 0.05) is 5.92 Å². The fourth-order valence-corrected chi connectivity index (χ4v) is 14.3. The van der Waals surface area contributed by atoms with Crippen LogP contribution in [0, 0.1) is 5.92 Å². The highest BCUT2D eigenvalue weighted by Crippen LogP contribution is 2.64. The van der Waals surface area contributed by atoms with Crippen molar-refractivity contribution in [3.63, 3.8) is 0 Å². The molecule has 0 amide bonds. The van der Waals surface area contributed by atoms with Crippen molar-refractivity contribution in [1.82, 2.24) is 0 Å². The lowest BCUT2D eigenvalue weighted by atomic mass is 9.99. The van der Waals surface area contributed by atoms with Crippen molar-refractivity contribution in [2.24, 2.45) is 5.92 Å². The first-order valence-electron chi connectivity index (χ1n) is 13.8. The van der Waals surface area contributed by atoms with E-state index in [2.05, 4.69) is 86.7 Å². The minimum Gasteiger partial charge on any atom is -0.0965 e. The average Bonchev–Trinajstić information content (AvgIpc) is 3.28. The molecule has 3 aliphatic carbocycles. The summed E-state index contributed by atoms with van der Waals surface area (Å²) in [5, 5.41) is 4.77. The molecule has 0 N–H and O–H groups in total. The summed E-state index contributed by atoms with van der Waals surface area (Å²) >= 11 is 0. The molecule has 2 heteroatoms. The summed E-state index contributed by atoms with van der Waals surface area (Å²) < 4.78 is 0. The van der Waals surface area contributed by atoms with Gasteiger partial charge < -0.3 is 0 Å². The number of rotatable bonds is 7. The highest BCUT2D eigenvalue weighted by atomic mass is 31.1. The third kappa shape index (κ3) is 5.30. The van der Waals surface area contributed by atoms with E-state index in [1.807, 2.05) is 0 Å². The number of hydrogen-bond acceptors (Lipinski definition) is 0. The van der Waals surface area contributed by atoms with E-state index in [1.165, 1.54) is 80.4 Å². The van der Waals surface area contributed by atoms with Crippen molar-refractivity contribution in [3.05, 3.63) is 83.7 Å². The Hall–Kier alpha value is -1.22. The molecule has 0 saturated heterocycles. The van der Waals surface area contributed by atoms with Gasteiger partial charge in [0.05, 0.1) is 0 Å². The van der Waals surface area contributed by atoms with Crippen molar-refractivity contribution < 1.29 is 0 Å². The second kappa shape index (κ2) is 11.7. The maximum Gasteiger partial charge on any atom is 0.00996 e. The Balaban J connectivity index is 1.51. The van der Waals surface area contributed by atoms with Crippen LogP contribution in [0.4, 0.5) is 0 Å². The van der Waals surface area contributed by atoms with Crippen molar-refractivity contribution in [1.29, 1.82) is 0 Å². The van der Waals surface area contributed by atoms with Crippen molar-refractivity contribution >= 4 is 26.5 Å². The zero-order valence-corrected chi connectivity index (χ0v) is 23.0. The maximum absolute atomic E-state index is 2.67. The van der Waals surface area contributed by atoms with Gasteiger partial charge in [-0.1, -0.05) is 126 Å². The lowest BCUT2D eigenvalue weighted by molar-refractivity contribution is 0.479. The normalized spacial score (nSPS) is 23.2. The standard InChI is InChI=1S/C32H42P2/c1-25-23-24-31(26(2)33(27-15-7-3-8-16-27)28-17-9-4-10-18-28)32(25)34(29-19-11-5-12-20-29)30-21-13-6-14-22-30/h5-6,11-14,19-24,26-28,31H,3-4,7-10,15-18H2,1-2H3/t26-,31?/m1/s1. The van der Waals surface area contributed by atoms with E-state index >= 15 is 0 Å². The Morgan fingerprint density at radius 1 is 0.676 bits per heavy atom. The minimum atomic E-state index is -0.495. The fourth-order valence-electron chi connectivity index (χ4n) is 6.89. The molecule has 2 aromatic rings. The number of hydrogen-bond donors (Lipinski definition) is 0. The van der Waals surface area contributed by atoms with Crippen molar-refractivity contribution in [2.45, 2.75) is 95.0 Å². The highest BCUT2D eigenvalue weighted by Gasteiger charge is 2.40. The van der Waals surface area contributed by atoms with Crippen molar-refractivity contribution in [2.75, 3.05) is 0 Å². The van der Waals surface area contributed by atoms with E-state index in [4.69, 9.17) is 0 Å². The summed E-state index contributed by atoms with van der Waals surface area (Å²) in [5.74, 6) is 0.612. The summed E-state index contributed by atoms with van der Waals surface area (Å²) in [6, 6.07) is 22.8. The second-order valence-corrected chi connectivity index (χ2v) is 16.1. The first-order chi connectivity index (χ1) is 16.7. The molecular weight excluding hydrogens is 446 g/mol. The number of allylic oxidation sites excluding steroid dienone is 4. The van der Waals surface area contributed by atoms with Crippen LogP contribution >= 0.6 is 15.8 Å². The zero-order valence-electron chi connectivity index (χ0n) is 21.2.